The molecule has 0 amide bonds. The number of benzene rings is 1. The van der Waals surface area contributed by atoms with Crippen LogP contribution in [-0.4, -0.2) is 33.9 Å². The van der Waals surface area contributed by atoms with E-state index in [1.807, 2.05) is 18.2 Å². The fourth-order valence-corrected chi connectivity index (χ4v) is 2.78. The summed E-state index contributed by atoms with van der Waals surface area (Å²) >= 11 is 0. The number of nitrogens with zero attached hydrogens (tertiary/aromatic N) is 2. The van der Waals surface area contributed by atoms with E-state index in [0.717, 1.165) is 36.2 Å². The Morgan fingerprint density at radius 3 is 2.94 bits per heavy atom. The highest BCUT2D eigenvalue weighted by atomic mass is 16.3. The summed E-state index contributed by atoms with van der Waals surface area (Å²) in [6, 6.07) is 8.29. The van der Waals surface area contributed by atoms with Gasteiger partial charge in [0.25, 0.3) is 0 Å². The average Bonchev–Trinajstić information content (AvgIpc) is 2.93. The Hall–Kier alpha value is -1.39. The highest BCUT2D eigenvalue weighted by Gasteiger charge is 2.29. The standard InChI is InChI=1S/C14H19N3O/c1-2-5-14-16-10-6-3-4-7-11(10)17(14)12-8-15-9-13(12)18/h3-4,6-7,12-13,15,18H,2,5,8-9H2,1H3. The lowest BCUT2D eigenvalue weighted by molar-refractivity contribution is 0.151. The molecule has 18 heavy (non-hydrogen) atoms. The van der Waals surface area contributed by atoms with Gasteiger partial charge in [0, 0.05) is 19.5 Å². The summed E-state index contributed by atoms with van der Waals surface area (Å²) in [6.45, 7) is 3.65. The summed E-state index contributed by atoms with van der Waals surface area (Å²) in [4.78, 5) is 4.71. The summed E-state index contributed by atoms with van der Waals surface area (Å²) in [5.74, 6) is 1.09. The number of hydrogen-bond donors (Lipinski definition) is 2. The third-order valence-corrected chi connectivity index (χ3v) is 3.63. The van der Waals surface area contributed by atoms with E-state index in [2.05, 4.69) is 22.9 Å². The van der Waals surface area contributed by atoms with Crippen molar-refractivity contribution in [2.75, 3.05) is 13.1 Å². The molecule has 1 aliphatic rings. The molecule has 0 spiro atoms. The lowest BCUT2D eigenvalue weighted by Gasteiger charge is -2.19. The Labute approximate surface area is 107 Å². The fourth-order valence-electron chi connectivity index (χ4n) is 2.78. The zero-order valence-electron chi connectivity index (χ0n) is 10.6. The molecule has 1 aromatic carbocycles. The molecule has 4 nitrogen and oxygen atoms in total. The van der Waals surface area contributed by atoms with Crippen LogP contribution >= 0.6 is 0 Å². The van der Waals surface area contributed by atoms with E-state index in [4.69, 9.17) is 4.98 Å². The van der Waals surface area contributed by atoms with Gasteiger partial charge in [-0.05, 0) is 18.6 Å². The van der Waals surface area contributed by atoms with Gasteiger partial charge < -0.3 is 15.0 Å². The van der Waals surface area contributed by atoms with E-state index in [0.29, 0.717) is 6.54 Å². The van der Waals surface area contributed by atoms with Crippen LogP contribution in [0.25, 0.3) is 11.0 Å². The zero-order chi connectivity index (χ0) is 12.5. The second-order valence-corrected chi connectivity index (χ2v) is 4.93. The first-order valence-electron chi connectivity index (χ1n) is 6.66. The van der Waals surface area contributed by atoms with Crippen LogP contribution in [-0.2, 0) is 6.42 Å². The van der Waals surface area contributed by atoms with Crippen LogP contribution in [0.5, 0.6) is 0 Å². The molecule has 0 aliphatic carbocycles. The number of hydrogen-bond acceptors (Lipinski definition) is 3. The first-order chi connectivity index (χ1) is 8.81. The molecule has 2 aromatic rings. The summed E-state index contributed by atoms with van der Waals surface area (Å²) in [6.07, 6.45) is 1.70. The maximum atomic E-state index is 10.1. The molecule has 0 bridgehead atoms. The quantitative estimate of drug-likeness (QED) is 0.861. The monoisotopic (exact) mass is 245 g/mol. The number of para-hydroxylation sites is 2. The van der Waals surface area contributed by atoms with Gasteiger partial charge in [0.2, 0.25) is 0 Å². The van der Waals surface area contributed by atoms with Crippen molar-refractivity contribution in [3.05, 3.63) is 30.1 Å². The summed E-state index contributed by atoms with van der Waals surface area (Å²) in [5.41, 5.74) is 2.16. The SMILES string of the molecule is CCCc1nc2ccccc2n1C1CNCC1O. The van der Waals surface area contributed by atoms with Crippen LogP contribution in [0.4, 0.5) is 0 Å². The molecule has 1 saturated heterocycles. The highest BCUT2D eigenvalue weighted by Crippen LogP contribution is 2.25. The zero-order valence-corrected chi connectivity index (χ0v) is 10.6. The number of β-amino-alcohol motifs (C(OH)–C–C–N with tert-alkyl or cyclic N) is 1. The van der Waals surface area contributed by atoms with Crippen molar-refractivity contribution >= 4 is 11.0 Å². The normalized spacial score (nSPS) is 23.9. The lowest BCUT2D eigenvalue weighted by atomic mass is 10.2. The highest BCUT2D eigenvalue weighted by molar-refractivity contribution is 5.76. The molecular weight excluding hydrogens is 226 g/mol. The lowest BCUT2D eigenvalue weighted by Crippen LogP contribution is -2.23. The minimum atomic E-state index is -0.321. The maximum Gasteiger partial charge on any atom is 0.110 e. The summed E-state index contributed by atoms with van der Waals surface area (Å²) in [5, 5.41) is 13.3. The first kappa shape index (κ1) is 11.7. The van der Waals surface area contributed by atoms with E-state index < -0.39 is 0 Å². The second kappa shape index (κ2) is 4.71. The van der Waals surface area contributed by atoms with Gasteiger partial charge in [-0.1, -0.05) is 19.1 Å². The van der Waals surface area contributed by atoms with E-state index in [9.17, 15) is 5.11 Å². The van der Waals surface area contributed by atoms with Crippen molar-refractivity contribution in [2.45, 2.75) is 31.9 Å². The van der Waals surface area contributed by atoms with E-state index in [-0.39, 0.29) is 12.1 Å². The average molecular weight is 245 g/mol. The summed E-state index contributed by atoms with van der Waals surface area (Å²) in [7, 11) is 0. The van der Waals surface area contributed by atoms with Gasteiger partial charge in [0.05, 0.1) is 23.2 Å². The number of aromatic nitrogens is 2. The second-order valence-electron chi connectivity index (χ2n) is 4.93. The predicted octanol–water partition coefficient (Wildman–Crippen LogP) is 1.49. The number of nitrogens with one attached hydrogen (secondary N) is 1. The molecule has 1 aliphatic heterocycles. The Bertz CT molecular complexity index is 549. The van der Waals surface area contributed by atoms with Crippen LogP contribution < -0.4 is 5.32 Å². The van der Waals surface area contributed by atoms with Crippen LogP contribution in [0, 0.1) is 0 Å². The molecule has 2 N–H and O–H groups in total. The van der Waals surface area contributed by atoms with Gasteiger partial charge in [0.15, 0.2) is 0 Å². The molecule has 2 unspecified atom stereocenters. The molecule has 1 fully saturated rings. The molecule has 3 rings (SSSR count). The Balaban J connectivity index is 2.14. The Morgan fingerprint density at radius 2 is 2.22 bits per heavy atom. The Kier molecular flexibility index (Phi) is 3.06. The number of fused-ring (bicyclic) bond motifs is 1. The van der Waals surface area contributed by atoms with Crippen molar-refractivity contribution in [3.8, 4) is 0 Å². The van der Waals surface area contributed by atoms with E-state index in [1.165, 1.54) is 0 Å². The molecular formula is C14H19N3O. The van der Waals surface area contributed by atoms with E-state index >= 15 is 0 Å². The third kappa shape index (κ3) is 1.82. The predicted molar refractivity (Wildman–Crippen MR) is 71.6 cm³/mol. The molecule has 1 aromatic heterocycles. The van der Waals surface area contributed by atoms with Crippen molar-refractivity contribution in [2.24, 2.45) is 0 Å². The molecule has 2 heterocycles. The van der Waals surface area contributed by atoms with Gasteiger partial charge in [-0.15, -0.1) is 0 Å². The molecule has 0 radical (unpaired) electrons. The molecule has 0 saturated carbocycles. The van der Waals surface area contributed by atoms with Crippen LogP contribution in [0.15, 0.2) is 24.3 Å². The van der Waals surface area contributed by atoms with E-state index in [1.54, 1.807) is 0 Å². The summed E-state index contributed by atoms with van der Waals surface area (Å²) < 4.78 is 2.23. The van der Waals surface area contributed by atoms with Crippen molar-refractivity contribution in [3.63, 3.8) is 0 Å². The minimum Gasteiger partial charge on any atom is -0.390 e. The smallest absolute Gasteiger partial charge is 0.110 e. The Morgan fingerprint density at radius 1 is 1.39 bits per heavy atom. The van der Waals surface area contributed by atoms with Gasteiger partial charge >= 0.3 is 0 Å². The number of aryl methyl sites for hydroxylation is 1. The third-order valence-electron chi connectivity index (χ3n) is 3.63. The van der Waals surface area contributed by atoms with Gasteiger partial charge in [-0.2, -0.15) is 0 Å². The molecule has 96 valence electrons. The van der Waals surface area contributed by atoms with Crippen LogP contribution in [0.3, 0.4) is 0 Å². The number of rotatable bonds is 3. The molecule has 4 heteroatoms. The minimum absolute atomic E-state index is 0.110. The number of aliphatic hydroxyl groups is 1. The van der Waals surface area contributed by atoms with Crippen LogP contribution in [0.2, 0.25) is 0 Å². The van der Waals surface area contributed by atoms with Crippen molar-refractivity contribution < 1.29 is 5.11 Å². The topological polar surface area (TPSA) is 50.1 Å². The largest absolute Gasteiger partial charge is 0.390 e. The number of imidazole rings is 1. The van der Waals surface area contributed by atoms with Crippen LogP contribution in [0.1, 0.15) is 25.2 Å². The maximum absolute atomic E-state index is 10.1. The van der Waals surface area contributed by atoms with Gasteiger partial charge in [0.1, 0.15) is 5.82 Å². The van der Waals surface area contributed by atoms with Gasteiger partial charge in [-0.25, -0.2) is 4.98 Å². The fraction of sp³-hybridized carbons (Fsp3) is 0.500. The van der Waals surface area contributed by atoms with Gasteiger partial charge in [-0.3, -0.25) is 0 Å². The van der Waals surface area contributed by atoms with Crippen molar-refractivity contribution in [1.82, 2.24) is 14.9 Å². The first-order valence-corrected chi connectivity index (χ1v) is 6.66. The molecule has 2 atom stereocenters. The van der Waals surface area contributed by atoms with Crippen molar-refractivity contribution in [1.29, 1.82) is 0 Å². The number of aliphatic hydroxyl groups excluding tert-OH is 1.